The highest BCUT2D eigenvalue weighted by molar-refractivity contribution is 5.94. The fourth-order valence-corrected chi connectivity index (χ4v) is 1.65. The number of nitrogen functional groups attached to an aromatic ring is 1. The van der Waals surface area contributed by atoms with Gasteiger partial charge in [-0.25, -0.2) is 0 Å². The molecular formula is C15H16N2O3. The van der Waals surface area contributed by atoms with E-state index < -0.39 is 0 Å². The lowest BCUT2D eigenvalue weighted by atomic mass is 10.2. The Hall–Kier alpha value is -2.69. The highest BCUT2D eigenvalue weighted by atomic mass is 16.5. The molecule has 5 heteroatoms. The number of anilines is 1. The maximum atomic E-state index is 11.8. The number of hydrogen-bond acceptors (Lipinski definition) is 4. The van der Waals surface area contributed by atoms with E-state index >= 15 is 0 Å². The summed E-state index contributed by atoms with van der Waals surface area (Å²) in [5.74, 6) is 0.594. The summed E-state index contributed by atoms with van der Waals surface area (Å²) in [6.07, 6.45) is 0. The Labute approximate surface area is 117 Å². The third-order valence-corrected chi connectivity index (χ3v) is 2.64. The van der Waals surface area contributed by atoms with Crippen LogP contribution in [0.25, 0.3) is 0 Å². The van der Waals surface area contributed by atoms with E-state index in [2.05, 4.69) is 5.32 Å². The van der Waals surface area contributed by atoms with Crippen molar-refractivity contribution < 1.29 is 14.6 Å². The zero-order chi connectivity index (χ0) is 14.4. The largest absolute Gasteiger partial charge is 0.508 e. The number of ether oxygens (including phenoxy) is 1. The van der Waals surface area contributed by atoms with E-state index in [0.717, 1.165) is 0 Å². The maximum absolute atomic E-state index is 11.8. The van der Waals surface area contributed by atoms with Crippen molar-refractivity contribution in [2.45, 2.75) is 0 Å². The highest BCUT2D eigenvalue weighted by Gasteiger charge is 2.04. The SMILES string of the molecule is Nc1cccc(OCCNC(=O)c2ccc(O)cc2)c1. The Morgan fingerprint density at radius 2 is 1.95 bits per heavy atom. The van der Waals surface area contributed by atoms with Crippen LogP contribution in [0.5, 0.6) is 11.5 Å². The van der Waals surface area contributed by atoms with Crippen molar-refractivity contribution in [3.63, 3.8) is 0 Å². The predicted molar refractivity (Wildman–Crippen MR) is 76.8 cm³/mol. The molecule has 0 radical (unpaired) electrons. The molecule has 2 rings (SSSR count). The minimum absolute atomic E-state index is 0.131. The fraction of sp³-hybridized carbons (Fsp3) is 0.133. The number of carbonyl (C=O) groups excluding carboxylic acids is 1. The van der Waals surface area contributed by atoms with Crippen LogP contribution in [0.4, 0.5) is 5.69 Å². The van der Waals surface area contributed by atoms with Crippen LogP contribution < -0.4 is 15.8 Å². The standard InChI is InChI=1S/C15H16N2O3/c16-12-2-1-3-14(10-12)20-9-8-17-15(19)11-4-6-13(18)7-5-11/h1-7,10,18H,8-9,16H2,(H,17,19). The van der Waals surface area contributed by atoms with Crippen molar-refractivity contribution in [1.82, 2.24) is 5.32 Å². The van der Waals surface area contributed by atoms with Crippen molar-refractivity contribution in [3.05, 3.63) is 54.1 Å². The van der Waals surface area contributed by atoms with Gasteiger partial charge in [-0.05, 0) is 36.4 Å². The Morgan fingerprint density at radius 3 is 2.65 bits per heavy atom. The number of nitrogens with two attached hydrogens (primary N) is 1. The van der Waals surface area contributed by atoms with Crippen LogP contribution in [0.15, 0.2) is 48.5 Å². The lowest BCUT2D eigenvalue weighted by Crippen LogP contribution is -2.28. The molecule has 104 valence electrons. The minimum Gasteiger partial charge on any atom is -0.508 e. The quantitative estimate of drug-likeness (QED) is 0.572. The molecule has 0 unspecified atom stereocenters. The first-order valence-corrected chi connectivity index (χ1v) is 6.21. The third-order valence-electron chi connectivity index (χ3n) is 2.64. The van der Waals surface area contributed by atoms with E-state index in [1.165, 1.54) is 12.1 Å². The molecule has 0 aromatic heterocycles. The van der Waals surface area contributed by atoms with E-state index in [0.29, 0.717) is 30.2 Å². The molecule has 0 saturated heterocycles. The second kappa shape index (κ2) is 6.47. The zero-order valence-corrected chi connectivity index (χ0v) is 10.9. The molecule has 2 aromatic rings. The second-order valence-corrected chi connectivity index (χ2v) is 4.22. The van der Waals surface area contributed by atoms with Crippen LogP contribution in [-0.2, 0) is 0 Å². The molecular weight excluding hydrogens is 256 g/mol. The molecule has 0 aliphatic carbocycles. The number of amides is 1. The highest BCUT2D eigenvalue weighted by Crippen LogP contribution is 2.14. The molecule has 0 saturated carbocycles. The number of aromatic hydroxyl groups is 1. The zero-order valence-electron chi connectivity index (χ0n) is 10.9. The first kappa shape index (κ1) is 13.7. The number of nitrogens with one attached hydrogen (secondary N) is 1. The normalized spacial score (nSPS) is 10.0. The van der Waals surface area contributed by atoms with Gasteiger partial charge in [0.2, 0.25) is 0 Å². The number of hydrogen-bond donors (Lipinski definition) is 3. The summed E-state index contributed by atoms with van der Waals surface area (Å²) in [6.45, 7) is 0.738. The summed E-state index contributed by atoms with van der Waals surface area (Å²) < 4.78 is 5.46. The number of benzene rings is 2. The Morgan fingerprint density at radius 1 is 1.20 bits per heavy atom. The summed E-state index contributed by atoms with van der Waals surface area (Å²) >= 11 is 0. The van der Waals surface area contributed by atoms with Crippen molar-refractivity contribution in [1.29, 1.82) is 0 Å². The molecule has 4 N–H and O–H groups in total. The van der Waals surface area contributed by atoms with Gasteiger partial charge < -0.3 is 20.9 Å². The average molecular weight is 272 g/mol. The number of carbonyl (C=O) groups is 1. The van der Waals surface area contributed by atoms with Gasteiger partial charge in [-0.15, -0.1) is 0 Å². The van der Waals surface area contributed by atoms with E-state index in [1.807, 2.05) is 0 Å². The summed E-state index contributed by atoms with van der Waals surface area (Å²) in [6, 6.07) is 13.2. The molecule has 0 heterocycles. The third kappa shape index (κ3) is 3.91. The van der Waals surface area contributed by atoms with Crippen LogP contribution in [0.2, 0.25) is 0 Å². The molecule has 0 fully saturated rings. The number of rotatable bonds is 5. The maximum Gasteiger partial charge on any atom is 0.251 e. The Balaban J connectivity index is 1.76. The summed E-state index contributed by atoms with van der Waals surface area (Å²) in [5.41, 5.74) is 6.76. The van der Waals surface area contributed by atoms with Crippen LogP contribution in [0.1, 0.15) is 10.4 Å². The van der Waals surface area contributed by atoms with Crippen molar-refractivity contribution in [2.24, 2.45) is 0 Å². The molecule has 5 nitrogen and oxygen atoms in total. The van der Waals surface area contributed by atoms with E-state index in [-0.39, 0.29) is 11.7 Å². The summed E-state index contributed by atoms with van der Waals surface area (Å²) in [4.78, 5) is 11.8. The topological polar surface area (TPSA) is 84.6 Å². The van der Waals surface area contributed by atoms with Gasteiger partial charge in [-0.2, -0.15) is 0 Å². The van der Waals surface area contributed by atoms with Crippen LogP contribution in [0.3, 0.4) is 0 Å². The molecule has 0 atom stereocenters. The average Bonchev–Trinajstić information content (AvgIpc) is 2.44. The summed E-state index contributed by atoms with van der Waals surface area (Å²) in [7, 11) is 0. The van der Waals surface area contributed by atoms with Gasteiger partial charge in [0.1, 0.15) is 18.1 Å². The monoisotopic (exact) mass is 272 g/mol. The van der Waals surface area contributed by atoms with Gasteiger partial charge in [0, 0.05) is 17.3 Å². The number of phenolic OH excluding ortho intramolecular Hbond substituents is 1. The summed E-state index contributed by atoms with van der Waals surface area (Å²) in [5, 5.41) is 11.9. The van der Waals surface area contributed by atoms with Crippen LogP contribution in [-0.4, -0.2) is 24.2 Å². The van der Waals surface area contributed by atoms with Gasteiger partial charge in [0.05, 0.1) is 6.54 Å². The van der Waals surface area contributed by atoms with Crippen molar-refractivity contribution >= 4 is 11.6 Å². The first-order chi connectivity index (χ1) is 9.65. The van der Waals surface area contributed by atoms with Gasteiger partial charge >= 0.3 is 0 Å². The smallest absolute Gasteiger partial charge is 0.251 e. The van der Waals surface area contributed by atoms with Gasteiger partial charge in [-0.1, -0.05) is 6.07 Å². The van der Waals surface area contributed by atoms with Gasteiger partial charge in [0.15, 0.2) is 0 Å². The molecule has 0 aliphatic rings. The van der Waals surface area contributed by atoms with E-state index in [9.17, 15) is 4.79 Å². The van der Waals surface area contributed by atoms with Gasteiger partial charge in [0.25, 0.3) is 5.91 Å². The van der Waals surface area contributed by atoms with Crippen LogP contribution in [0, 0.1) is 0 Å². The van der Waals surface area contributed by atoms with Crippen LogP contribution >= 0.6 is 0 Å². The fourth-order valence-electron chi connectivity index (χ4n) is 1.65. The lowest BCUT2D eigenvalue weighted by molar-refractivity contribution is 0.0947. The molecule has 0 bridgehead atoms. The predicted octanol–water partition coefficient (Wildman–Crippen LogP) is 1.78. The lowest BCUT2D eigenvalue weighted by Gasteiger charge is -2.08. The molecule has 20 heavy (non-hydrogen) atoms. The minimum atomic E-state index is -0.207. The molecule has 1 amide bonds. The van der Waals surface area contributed by atoms with E-state index in [4.69, 9.17) is 15.6 Å². The van der Waals surface area contributed by atoms with E-state index in [1.54, 1.807) is 36.4 Å². The Bertz CT molecular complexity index is 582. The van der Waals surface area contributed by atoms with Crippen molar-refractivity contribution in [2.75, 3.05) is 18.9 Å². The molecule has 0 spiro atoms. The van der Waals surface area contributed by atoms with Crippen molar-refractivity contribution in [3.8, 4) is 11.5 Å². The second-order valence-electron chi connectivity index (χ2n) is 4.22. The Kier molecular flexibility index (Phi) is 4.44. The van der Waals surface area contributed by atoms with Gasteiger partial charge in [-0.3, -0.25) is 4.79 Å². The number of phenols is 1. The molecule has 2 aromatic carbocycles. The molecule has 0 aliphatic heterocycles. The first-order valence-electron chi connectivity index (χ1n) is 6.21.